The summed E-state index contributed by atoms with van der Waals surface area (Å²) >= 11 is -1.41. The van der Waals surface area contributed by atoms with Gasteiger partial charge in [-0.2, -0.15) is 0 Å². The molecule has 1 heterocycles. The van der Waals surface area contributed by atoms with Crippen LogP contribution in [0, 0.1) is 19.7 Å². The first-order valence-electron chi connectivity index (χ1n) is 8.80. The number of hydrogen-bond acceptors (Lipinski definition) is 4. The van der Waals surface area contributed by atoms with E-state index < -0.39 is 11.2 Å². The first kappa shape index (κ1) is 20.1. The molecule has 7 heteroatoms. The topological polar surface area (TPSA) is 78.2 Å². The number of halogens is 1. The fourth-order valence-corrected chi connectivity index (χ4v) is 3.74. The number of nitrogens with one attached hydrogen (secondary N) is 1. The van der Waals surface area contributed by atoms with Gasteiger partial charge in [0.2, 0.25) is 5.89 Å². The molecule has 0 radical (unpaired) electrons. The largest absolute Gasteiger partial charge is 0.616 e. The van der Waals surface area contributed by atoms with Gasteiger partial charge in [-0.25, -0.2) is 9.37 Å². The minimum absolute atomic E-state index is 0.132. The highest BCUT2D eigenvalue weighted by Gasteiger charge is 2.20. The summed E-state index contributed by atoms with van der Waals surface area (Å²) in [5.41, 5.74) is 3.31. The van der Waals surface area contributed by atoms with Crippen molar-refractivity contribution in [2.45, 2.75) is 26.1 Å². The van der Waals surface area contributed by atoms with Crippen LogP contribution in [0.1, 0.15) is 22.6 Å². The number of aryl methyl sites for hydroxylation is 2. The molecule has 1 atom stereocenters. The molecule has 0 aliphatic rings. The minimum Gasteiger partial charge on any atom is -0.616 e. The number of amides is 1. The van der Waals surface area contributed by atoms with E-state index >= 15 is 0 Å². The summed E-state index contributed by atoms with van der Waals surface area (Å²) in [6, 6.07) is 13.6. The maximum absolute atomic E-state index is 12.9. The lowest BCUT2D eigenvalue weighted by Crippen LogP contribution is -2.30. The van der Waals surface area contributed by atoms with Gasteiger partial charge in [0.1, 0.15) is 17.3 Å². The molecule has 1 N–H and O–H groups in total. The number of benzene rings is 2. The van der Waals surface area contributed by atoms with Gasteiger partial charge in [-0.3, -0.25) is 4.79 Å². The first-order chi connectivity index (χ1) is 13.4. The summed E-state index contributed by atoms with van der Waals surface area (Å²) in [7, 11) is 0. The van der Waals surface area contributed by atoms with E-state index in [-0.39, 0.29) is 29.8 Å². The highest BCUT2D eigenvalue weighted by Crippen LogP contribution is 2.23. The molecule has 28 heavy (non-hydrogen) atoms. The Morgan fingerprint density at radius 3 is 2.68 bits per heavy atom. The number of oxazole rings is 1. The van der Waals surface area contributed by atoms with Crippen LogP contribution >= 0.6 is 0 Å². The zero-order valence-electron chi connectivity index (χ0n) is 15.7. The Bertz CT molecular complexity index is 957. The Hall–Kier alpha value is -2.64. The molecule has 0 aliphatic carbocycles. The van der Waals surface area contributed by atoms with Crippen molar-refractivity contribution in [3.05, 3.63) is 76.9 Å². The van der Waals surface area contributed by atoms with Gasteiger partial charge >= 0.3 is 0 Å². The second-order valence-electron chi connectivity index (χ2n) is 6.52. The van der Waals surface area contributed by atoms with Gasteiger partial charge in [0, 0.05) is 12.1 Å². The standard InChI is InChI=1S/C21H21FN2O3S/c1-14-4-3-5-17(10-14)21-24-19(15(2)27-21)12-28(26)13-20(25)23-11-16-6-8-18(22)9-7-16/h3-10H,11-13H2,1-2H3,(H,23,25). The minimum atomic E-state index is -1.41. The number of carbonyl (C=O) groups excluding carboxylic acids is 1. The summed E-state index contributed by atoms with van der Waals surface area (Å²) in [5, 5.41) is 2.69. The molecule has 2 aromatic carbocycles. The fourth-order valence-electron chi connectivity index (χ4n) is 2.67. The molecular weight excluding hydrogens is 379 g/mol. The molecule has 1 aromatic heterocycles. The molecule has 0 bridgehead atoms. The van der Waals surface area contributed by atoms with Gasteiger partial charge in [0.15, 0.2) is 11.5 Å². The predicted octanol–water partition coefficient (Wildman–Crippen LogP) is 3.66. The van der Waals surface area contributed by atoms with Crippen LogP contribution in [0.15, 0.2) is 52.9 Å². The van der Waals surface area contributed by atoms with Crippen molar-refractivity contribution in [2.75, 3.05) is 5.75 Å². The van der Waals surface area contributed by atoms with Crippen molar-refractivity contribution in [1.82, 2.24) is 10.3 Å². The van der Waals surface area contributed by atoms with Crippen LogP contribution in [0.4, 0.5) is 4.39 Å². The molecule has 3 rings (SSSR count). The van der Waals surface area contributed by atoms with Gasteiger partial charge in [0.25, 0.3) is 5.91 Å². The number of aromatic nitrogens is 1. The van der Waals surface area contributed by atoms with Crippen molar-refractivity contribution in [2.24, 2.45) is 0 Å². The number of rotatable bonds is 7. The third kappa shape index (κ3) is 5.43. The fraction of sp³-hybridized carbons (Fsp3) is 0.238. The van der Waals surface area contributed by atoms with E-state index in [2.05, 4.69) is 10.3 Å². The Kier molecular flexibility index (Phi) is 6.49. The zero-order chi connectivity index (χ0) is 20.1. The Labute approximate surface area is 166 Å². The van der Waals surface area contributed by atoms with Crippen LogP contribution in [-0.4, -0.2) is 21.2 Å². The molecule has 3 aromatic rings. The summed E-state index contributed by atoms with van der Waals surface area (Å²) in [6.45, 7) is 4.02. The van der Waals surface area contributed by atoms with Gasteiger partial charge in [-0.15, -0.1) is 0 Å². The Morgan fingerprint density at radius 2 is 1.96 bits per heavy atom. The molecule has 0 saturated heterocycles. The van der Waals surface area contributed by atoms with E-state index in [1.807, 2.05) is 31.2 Å². The summed E-state index contributed by atoms with van der Waals surface area (Å²) < 4.78 is 30.9. The lowest BCUT2D eigenvalue weighted by Gasteiger charge is -2.10. The molecule has 0 fully saturated rings. The van der Waals surface area contributed by atoms with E-state index in [0.717, 1.165) is 16.7 Å². The van der Waals surface area contributed by atoms with Crippen molar-refractivity contribution in [3.8, 4) is 11.5 Å². The Balaban J connectivity index is 1.55. The van der Waals surface area contributed by atoms with E-state index in [1.54, 1.807) is 19.1 Å². The van der Waals surface area contributed by atoms with Crippen molar-refractivity contribution >= 4 is 17.1 Å². The van der Waals surface area contributed by atoms with Crippen molar-refractivity contribution in [1.29, 1.82) is 0 Å². The lowest BCUT2D eigenvalue weighted by molar-refractivity contribution is -0.118. The lowest BCUT2D eigenvalue weighted by atomic mass is 10.1. The molecule has 146 valence electrons. The van der Waals surface area contributed by atoms with Gasteiger partial charge in [-0.05, 0) is 54.9 Å². The summed E-state index contributed by atoms with van der Waals surface area (Å²) in [6.07, 6.45) is 0. The summed E-state index contributed by atoms with van der Waals surface area (Å²) in [4.78, 5) is 16.5. The average molecular weight is 400 g/mol. The molecule has 0 saturated carbocycles. The Morgan fingerprint density at radius 1 is 1.21 bits per heavy atom. The molecule has 0 spiro atoms. The van der Waals surface area contributed by atoms with Crippen LogP contribution in [-0.2, 0) is 28.3 Å². The van der Waals surface area contributed by atoms with Crippen LogP contribution in [0.2, 0.25) is 0 Å². The van der Waals surface area contributed by atoms with Crippen LogP contribution in [0.5, 0.6) is 0 Å². The van der Waals surface area contributed by atoms with Crippen LogP contribution in [0.25, 0.3) is 11.5 Å². The first-order valence-corrected chi connectivity index (χ1v) is 10.3. The highest BCUT2D eigenvalue weighted by atomic mass is 32.2. The average Bonchev–Trinajstić information content (AvgIpc) is 3.01. The molecule has 0 aliphatic heterocycles. The number of nitrogens with zero attached hydrogens (tertiary/aromatic N) is 1. The third-order valence-corrected chi connectivity index (χ3v) is 5.33. The second kappa shape index (κ2) is 9.03. The van der Waals surface area contributed by atoms with Crippen molar-refractivity contribution in [3.63, 3.8) is 0 Å². The normalized spacial score (nSPS) is 12.0. The van der Waals surface area contributed by atoms with Gasteiger partial charge < -0.3 is 14.3 Å². The SMILES string of the molecule is Cc1cccc(-c2nc(C[S+]([O-])CC(=O)NCc3ccc(F)cc3)c(C)o2)c1. The van der Waals surface area contributed by atoms with Crippen LogP contribution < -0.4 is 5.32 Å². The summed E-state index contributed by atoms with van der Waals surface area (Å²) in [5.74, 6) is 0.427. The monoisotopic (exact) mass is 400 g/mol. The molecule has 1 unspecified atom stereocenters. The van der Waals surface area contributed by atoms with E-state index in [0.29, 0.717) is 17.3 Å². The van der Waals surface area contributed by atoms with E-state index in [9.17, 15) is 13.7 Å². The quantitative estimate of drug-likeness (QED) is 0.614. The van der Waals surface area contributed by atoms with Gasteiger partial charge in [0.05, 0.1) is 0 Å². The maximum atomic E-state index is 12.9. The molecule has 5 nitrogen and oxygen atoms in total. The van der Waals surface area contributed by atoms with E-state index in [1.165, 1.54) is 12.1 Å². The van der Waals surface area contributed by atoms with Crippen LogP contribution in [0.3, 0.4) is 0 Å². The van der Waals surface area contributed by atoms with E-state index in [4.69, 9.17) is 4.42 Å². The predicted molar refractivity (Wildman–Crippen MR) is 106 cm³/mol. The second-order valence-corrected chi connectivity index (χ2v) is 7.98. The maximum Gasteiger partial charge on any atom is 0.270 e. The number of hydrogen-bond donors (Lipinski definition) is 1. The molecule has 1 amide bonds. The smallest absolute Gasteiger partial charge is 0.270 e. The highest BCUT2D eigenvalue weighted by molar-refractivity contribution is 7.91. The number of carbonyl (C=O) groups is 1. The molecular formula is C21H21FN2O3S. The third-order valence-electron chi connectivity index (χ3n) is 4.15. The van der Waals surface area contributed by atoms with Crippen molar-refractivity contribution < 1.29 is 18.2 Å². The van der Waals surface area contributed by atoms with Gasteiger partial charge in [-0.1, -0.05) is 29.8 Å². The zero-order valence-corrected chi connectivity index (χ0v) is 16.5.